The predicted octanol–water partition coefficient (Wildman–Crippen LogP) is 3.25. The summed E-state index contributed by atoms with van der Waals surface area (Å²) in [6.07, 6.45) is 3.91. The van der Waals surface area contributed by atoms with Crippen LogP contribution in [0.25, 0.3) is 0 Å². The average molecular weight is 498 g/mol. The number of halogens is 1. The van der Waals surface area contributed by atoms with Crippen LogP contribution in [-0.4, -0.2) is 55.8 Å². The van der Waals surface area contributed by atoms with Crippen molar-refractivity contribution in [2.75, 3.05) is 26.7 Å². The Morgan fingerprint density at radius 1 is 1.14 bits per heavy atom. The summed E-state index contributed by atoms with van der Waals surface area (Å²) in [6.45, 7) is 8.86. The maximum Gasteiger partial charge on any atom is 0.191 e. The highest BCUT2D eigenvalue weighted by molar-refractivity contribution is 14.0. The molecule has 0 amide bonds. The second-order valence-corrected chi connectivity index (χ2v) is 8.94. The van der Waals surface area contributed by atoms with Gasteiger partial charge in [0.15, 0.2) is 5.96 Å². The Labute approximate surface area is 186 Å². The second-order valence-electron chi connectivity index (χ2n) is 8.94. The second kappa shape index (κ2) is 9.30. The summed E-state index contributed by atoms with van der Waals surface area (Å²) in [5.41, 5.74) is 1.58. The normalized spacial score (nSPS) is 30.1. The minimum absolute atomic E-state index is 0. The predicted molar refractivity (Wildman–Crippen MR) is 125 cm³/mol. The summed E-state index contributed by atoms with van der Waals surface area (Å²) < 4.78 is 5.92. The summed E-state index contributed by atoms with van der Waals surface area (Å²) in [5, 5.41) is 7.39. The maximum atomic E-state index is 5.92. The summed E-state index contributed by atoms with van der Waals surface area (Å²) in [7, 11) is 1.88. The van der Waals surface area contributed by atoms with Gasteiger partial charge >= 0.3 is 0 Å². The summed E-state index contributed by atoms with van der Waals surface area (Å²) in [6, 6.07) is 11.7. The fourth-order valence-corrected chi connectivity index (χ4v) is 5.21. The van der Waals surface area contributed by atoms with Crippen LogP contribution in [0.1, 0.15) is 38.7 Å². The van der Waals surface area contributed by atoms with Gasteiger partial charge in [-0.2, -0.15) is 0 Å². The molecule has 2 N–H and O–H groups in total. The molecule has 28 heavy (non-hydrogen) atoms. The first-order chi connectivity index (χ1) is 13.1. The van der Waals surface area contributed by atoms with Crippen molar-refractivity contribution in [3.8, 4) is 0 Å². The van der Waals surface area contributed by atoms with Crippen LogP contribution in [0.2, 0.25) is 0 Å². The van der Waals surface area contributed by atoms with Crippen molar-refractivity contribution in [1.82, 2.24) is 15.5 Å². The standard InChI is InChI=1S/C22H34N4O.HI/c1-22(2)19(18-11-14-27-20(18)22)25-21(23-3)24-17-9-12-26(13-10-17)15-16-7-5-4-6-8-16;/h4-8,17-20H,9-15H2,1-3H3,(H2,23,24,25);1H. The molecule has 3 aliphatic rings. The highest BCUT2D eigenvalue weighted by atomic mass is 127. The van der Waals surface area contributed by atoms with E-state index in [9.17, 15) is 0 Å². The topological polar surface area (TPSA) is 48.9 Å². The van der Waals surface area contributed by atoms with Gasteiger partial charge in [0.05, 0.1) is 6.10 Å². The third-order valence-electron chi connectivity index (χ3n) is 6.79. The van der Waals surface area contributed by atoms with Gasteiger partial charge in [0.25, 0.3) is 0 Å². The van der Waals surface area contributed by atoms with E-state index in [4.69, 9.17) is 4.74 Å². The lowest BCUT2D eigenvalue weighted by Gasteiger charge is -2.55. The summed E-state index contributed by atoms with van der Waals surface area (Å²) in [5.74, 6) is 1.59. The molecule has 1 saturated carbocycles. The van der Waals surface area contributed by atoms with Crippen LogP contribution < -0.4 is 10.6 Å². The number of fused-ring (bicyclic) bond motifs is 1. The molecule has 156 valence electrons. The molecule has 1 aromatic rings. The van der Waals surface area contributed by atoms with E-state index in [0.717, 1.165) is 45.0 Å². The number of guanidine groups is 1. The lowest BCUT2D eigenvalue weighted by atomic mass is 9.57. The molecule has 2 aliphatic heterocycles. The molecule has 2 saturated heterocycles. The number of nitrogens with zero attached hydrogens (tertiary/aromatic N) is 2. The molecular weight excluding hydrogens is 463 g/mol. The Bertz CT molecular complexity index is 658. The van der Waals surface area contributed by atoms with Crippen LogP contribution in [0.3, 0.4) is 0 Å². The van der Waals surface area contributed by atoms with Crippen LogP contribution in [0, 0.1) is 11.3 Å². The number of hydrogen-bond donors (Lipinski definition) is 2. The minimum Gasteiger partial charge on any atom is -0.377 e. The molecular formula is C22H35IN4O. The van der Waals surface area contributed by atoms with Crippen LogP contribution in [0.5, 0.6) is 0 Å². The zero-order valence-electron chi connectivity index (χ0n) is 17.4. The molecule has 2 heterocycles. The SMILES string of the molecule is CN=C(NC1CCN(Cc2ccccc2)CC1)NC1C2CCOC2C1(C)C.I. The number of ether oxygens (including phenoxy) is 1. The first-order valence-corrected chi connectivity index (χ1v) is 10.5. The zero-order chi connectivity index (χ0) is 18.9. The summed E-state index contributed by atoms with van der Waals surface area (Å²) >= 11 is 0. The number of rotatable bonds is 4. The molecule has 4 rings (SSSR count). The molecule has 5 nitrogen and oxygen atoms in total. The molecule has 1 aliphatic carbocycles. The average Bonchev–Trinajstić information content (AvgIpc) is 3.14. The third kappa shape index (κ3) is 4.49. The van der Waals surface area contributed by atoms with E-state index in [1.807, 2.05) is 7.05 Å². The number of benzene rings is 1. The molecule has 3 fully saturated rings. The lowest BCUT2D eigenvalue weighted by Crippen LogP contribution is -2.68. The van der Waals surface area contributed by atoms with Crippen molar-refractivity contribution in [2.45, 2.75) is 57.8 Å². The van der Waals surface area contributed by atoms with Gasteiger partial charge in [-0.05, 0) is 24.8 Å². The quantitative estimate of drug-likeness (QED) is 0.380. The van der Waals surface area contributed by atoms with E-state index in [1.165, 1.54) is 12.0 Å². The van der Waals surface area contributed by atoms with Gasteiger partial charge in [-0.3, -0.25) is 9.89 Å². The Kier molecular flexibility index (Phi) is 7.26. The maximum absolute atomic E-state index is 5.92. The van der Waals surface area contributed by atoms with Crippen molar-refractivity contribution in [1.29, 1.82) is 0 Å². The number of hydrogen-bond acceptors (Lipinski definition) is 3. The van der Waals surface area contributed by atoms with E-state index >= 15 is 0 Å². The molecule has 0 spiro atoms. The van der Waals surface area contributed by atoms with E-state index < -0.39 is 0 Å². The fourth-order valence-electron chi connectivity index (χ4n) is 5.21. The zero-order valence-corrected chi connectivity index (χ0v) is 19.7. The van der Waals surface area contributed by atoms with Gasteiger partial charge in [0.1, 0.15) is 0 Å². The molecule has 0 radical (unpaired) electrons. The summed E-state index contributed by atoms with van der Waals surface area (Å²) in [4.78, 5) is 7.07. The van der Waals surface area contributed by atoms with Crippen molar-refractivity contribution in [3.05, 3.63) is 35.9 Å². The molecule has 1 aromatic carbocycles. The van der Waals surface area contributed by atoms with Crippen LogP contribution >= 0.6 is 24.0 Å². The van der Waals surface area contributed by atoms with Crippen molar-refractivity contribution in [2.24, 2.45) is 16.3 Å². The monoisotopic (exact) mass is 498 g/mol. The van der Waals surface area contributed by atoms with Crippen molar-refractivity contribution in [3.63, 3.8) is 0 Å². The Balaban J connectivity index is 0.00000225. The highest BCUT2D eigenvalue weighted by Gasteiger charge is 2.59. The molecule has 3 atom stereocenters. The van der Waals surface area contributed by atoms with Crippen LogP contribution in [-0.2, 0) is 11.3 Å². The Hall–Kier alpha value is -0.860. The third-order valence-corrected chi connectivity index (χ3v) is 6.79. The van der Waals surface area contributed by atoms with Gasteiger partial charge in [0.2, 0.25) is 0 Å². The van der Waals surface area contributed by atoms with E-state index in [0.29, 0.717) is 24.1 Å². The van der Waals surface area contributed by atoms with E-state index in [1.54, 1.807) is 0 Å². The largest absolute Gasteiger partial charge is 0.377 e. The van der Waals surface area contributed by atoms with Gasteiger partial charge in [-0.15, -0.1) is 24.0 Å². The van der Waals surface area contributed by atoms with E-state index in [-0.39, 0.29) is 29.4 Å². The highest BCUT2D eigenvalue weighted by Crippen LogP contribution is 2.52. The first-order valence-electron chi connectivity index (χ1n) is 10.5. The lowest BCUT2D eigenvalue weighted by molar-refractivity contribution is -0.106. The molecule has 6 heteroatoms. The van der Waals surface area contributed by atoms with Gasteiger partial charge < -0.3 is 15.4 Å². The van der Waals surface area contributed by atoms with Gasteiger partial charge in [-0.25, -0.2) is 0 Å². The van der Waals surface area contributed by atoms with Crippen LogP contribution in [0.4, 0.5) is 0 Å². The molecule has 0 aromatic heterocycles. The Morgan fingerprint density at radius 2 is 1.86 bits per heavy atom. The fraction of sp³-hybridized carbons (Fsp3) is 0.682. The van der Waals surface area contributed by atoms with Crippen molar-refractivity contribution < 1.29 is 4.74 Å². The van der Waals surface area contributed by atoms with E-state index in [2.05, 4.69) is 64.7 Å². The van der Waals surface area contributed by atoms with Gasteiger partial charge in [-0.1, -0.05) is 44.2 Å². The molecule has 3 unspecified atom stereocenters. The van der Waals surface area contributed by atoms with Crippen molar-refractivity contribution >= 4 is 29.9 Å². The van der Waals surface area contributed by atoms with Gasteiger partial charge in [0, 0.05) is 56.7 Å². The first kappa shape index (κ1) is 21.8. The number of nitrogens with one attached hydrogen (secondary N) is 2. The number of piperidine rings is 1. The molecule has 0 bridgehead atoms. The Morgan fingerprint density at radius 3 is 2.54 bits per heavy atom. The van der Waals surface area contributed by atoms with Crippen LogP contribution in [0.15, 0.2) is 35.3 Å². The minimum atomic E-state index is 0. The number of aliphatic imine (C=N–C) groups is 1. The number of likely N-dealkylation sites (tertiary alicyclic amines) is 1. The smallest absolute Gasteiger partial charge is 0.191 e.